The number of ether oxygens (including phenoxy) is 2. The van der Waals surface area contributed by atoms with Gasteiger partial charge in [-0.3, -0.25) is 4.98 Å². The molecule has 0 saturated heterocycles. The lowest BCUT2D eigenvalue weighted by Crippen LogP contribution is -2.24. The maximum atomic E-state index is 12.4. The highest BCUT2D eigenvalue weighted by Gasteiger charge is 2.49. The number of alkyl halides is 3. The molecule has 1 atom stereocenters. The predicted molar refractivity (Wildman–Crippen MR) is 97.1 cm³/mol. The van der Waals surface area contributed by atoms with Gasteiger partial charge in [0.1, 0.15) is 11.9 Å². The Morgan fingerprint density at radius 1 is 1.00 bits per heavy atom. The Morgan fingerprint density at radius 2 is 1.71 bits per heavy atom. The number of aromatic nitrogens is 1. The first-order chi connectivity index (χ1) is 13.5. The lowest BCUT2D eigenvalue weighted by Gasteiger charge is -2.29. The second-order valence-corrected chi connectivity index (χ2v) is 8.04. The smallest absolute Gasteiger partial charge is 0.406 e. The fourth-order valence-corrected chi connectivity index (χ4v) is 5.18. The molecule has 28 heavy (non-hydrogen) atoms. The van der Waals surface area contributed by atoms with Gasteiger partial charge in [-0.2, -0.15) is 0 Å². The van der Waals surface area contributed by atoms with Gasteiger partial charge in [0, 0.05) is 17.5 Å². The van der Waals surface area contributed by atoms with E-state index < -0.39 is 6.36 Å². The highest BCUT2D eigenvalue weighted by Crippen LogP contribution is 2.56. The standard InChI is InChI=1S/C22H22F3NO2/c23-22(24,25)27-15-9-7-14(8-10-15)20-17-13-26-18-6-2-1-5-16(18)19(17)21(28-20)11-3-4-12-21/h7-10,13,20H,1-6,11-12H2. The average molecular weight is 389 g/mol. The summed E-state index contributed by atoms with van der Waals surface area (Å²) in [5, 5.41) is 0. The fourth-order valence-electron chi connectivity index (χ4n) is 5.18. The summed E-state index contributed by atoms with van der Waals surface area (Å²) in [6, 6.07) is 6.06. The fraction of sp³-hybridized carbons (Fsp3) is 0.500. The van der Waals surface area contributed by atoms with E-state index in [1.54, 1.807) is 12.1 Å². The molecule has 1 fully saturated rings. The number of nitrogens with zero attached hydrogens (tertiary/aromatic N) is 1. The Labute approximate surface area is 161 Å². The minimum absolute atomic E-state index is 0.214. The van der Waals surface area contributed by atoms with E-state index in [9.17, 15) is 13.2 Å². The van der Waals surface area contributed by atoms with Gasteiger partial charge in [0.15, 0.2) is 0 Å². The molecule has 148 valence electrons. The van der Waals surface area contributed by atoms with Crippen LogP contribution in [0.25, 0.3) is 0 Å². The minimum Gasteiger partial charge on any atom is -0.406 e. The van der Waals surface area contributed by atoms with Gasteiger partial charge in [-0.25, -0.2) is 0 Å². The SMILES string of the molecule is FC(F)(F)Oc1ccc(C2OC3(CCCC3)c3c2cnc2c3CCCC2)cc1. The molecule has 2 aliphatic carbocycles. The van der Waals surface area contributed by atoms with Crippen molar-refractivity contribution >= 4 is 0 Å². The number of hydrogen-bond acceptors (Lipinski definition) is 3. The molecule has 2 aromatic rings. The van der Waals surface area contributed by atoms with Gasteiger partial charge < -0.3 is 9.47 Å². The zero-order chi connectivity index (χ0) is 19.4. The Morgan fingerprint density at radius 3 is 2.43 bits per heavy atom. The van der Waals surface area contributed by atoms with Crippen molar-refractivity contribution in [1.82, 2.24) is 4.98 Å². The van der Waals surface area contributed by atoms with E-state index in [1.807, 2.05) is 6.20 Å². The largest absolute Gasteiger partial charge is 0.573 e. The second kappa shape index (κ2) is 6.48. The van der Waals surface area contributed by atoms with E-state index in [1.165, 1.54) is 41.8 Å². The van der Waals surface area contributed by atoms with Crippen LogP contribution in [0.2, 0.25) is 0 Å². The molecule has 5 rings (SSSR count). The predicted octanol–water partition coefficient (Wildman–Crippen LogP) is 5.75. The summed E-state index contributed by atoms with van der Waals surface area (Å²) in [4.78, 5) is 4.73. The summed E-state index contributed by atoms with van der Waals surface area (Å²) in [7, 11) is 0. The quantitative estimate of drug-likeness (QED) is 0.656. The lowest BCUT2D eigenvalue weighted by atomic mass is 9.81. The zero-order valence-corrected chi connectivity index (χ0v) is 15.5. The molecule has 3 nitrogen and oxygen atoms in total. The van der Waals surface area contributed by atoms with Crippen LogP contribution in [0.4, 0.5) is 13.2 Å². The number of pyridine rings is 1. The van der Waals surface area contributed by atoms with Crippen molar-refractivity contribution in [2.45, 2.75) is 69.4 Å². The van der Waals surface area contributed by atoms with E-state index >= 15 is 0 Å². The van der Waals surface area contributed by atoms with E-state index in [4.69, 9.17) is 9.72 Å². The van der Waals surface area contributed by atoms with Crippen LogP contribution in [0.3, 0.4) is 0 Å². The summed E-state index contributed by atoms with van der Waals surface area (Å²) in [6.07, 6.45) is 5.67. The van der Waals surface area contributed by atoms with Crippen LogP contribution in [0.1, 0.15) is 72.6 Å². The Kier molecular flexibility index (Phi) is 4.16. The van der Waals surface area contributed by atoms with Gasteiger partial charge in [0.2, 0.25) is 0 Å². The highest BCUT2D eigenvalue weighted by molar-refractivity contribution is 5.50. The van der Waals surface area contributed by atoms with E-state index in [2.05, 4.69) is 4.74 Å². The number of benzene rings is 1. The van der Waals surface area contributed by atoms with Gasteiger partial charge in [-0.05, 0) is 67.3 Å². The van der Waals surface area contributed by atoms with Crippen LogP contribution in [0, 0.1) is 0 Å². The molecule has 6 heteroatoms. The Hall–Kier alpha value is -2.08. The molecule has 0 radical (unpaired) electrons. The van der Waals surface area contributed by atoms with Crippen molar-refractivity contribution in [2.75, 3.05) is 0 Å². The van der Waals surface area contributed by atoms with E-state index in [-0.39, 0.29) is 17.5 Å². The van der Waals surface area contributed by atoms with Gasteiger partial charge in [-0.1, -0.05) is 25.0 Å². The number of rotatable bonds is 2. The number of hydrogen-bond donors (Lipinski definition) is 0. The molecule has 1 saturated carbocycles. The molecule has 1 aromatic heterocycles. The van der Waals surface area contributed by atoms with Crippen molar-refractivity contribution in [3.8, 4) is 5.75 Å². The molecule has 0 bridgehead atoms. The van der Waals surface area contributed by atoms with Crippen LogP contribution in [-0.2, 0) is 23.2 Å². The van der Waals surface area contributed by atoms with E-state index in [0.717, 1.165) is 49.7 Å². The average Bonchev–Trinajstić information content (AvgIpc) is 3.27. The van der Waals surface area contributed by atoms with Gasteiger partial charge in [0.05, 0.1) is 5.60 Å². The van der Waals surface area contributed by atoms with Crippen LogP contribution in [0.15, 0.2) is 30.5 Å². The number of aryl methyl sites for hydroxylation is 1. The maximum Gasteiger partial charge on any atom is 0.573 e. The first-order valence-electron chi connectivity index (χ1n) is 10.00. The molecule has 0 amide bonds. The molecule has 0 N–H and O–H groups in total. The van der Waals surface area contributed by atoms with Crippen LogP contribution >= 0.6 is 0 Å². The normalized spacial score (nSPS) is 22.9. The first kappa shape index (κ1) is 18.0. The van der Waals surface area contributed by atoms with Crippen LogP contribution < -0.4 is 4.74 Å². The highest BCUT2D eigenvalue weighted by atomic mass is 19.4. The third kappa shape index (κ3) is 2.98. The third-order valence-electron chi connectivity index (χ3n) is 6.30. The van der Waals surface area contributed by atoms with Crippen molar-refractivity contribution in [3.63, 3.8) is 0 Å². The molecular formula is C22H22F3NO2. The molecule has 1 unspecified atom stereocenters. The third-order valence-corrected chi connectivity index (χ3v) is 6.30. The summed E-state index contributed by atoms with van der Waals surface area (Å²) in [6.45, 7) is 0. The van der Waals surface area contributed by atoms with Crippen LogP contribution in [-0.4, -0.2) is 11.3 Å². The molecule has 1 spiro atoms. The van der Waals surface area contributed by atoms with Crippen LogP contribution in [0.5, 0.6) is 5.75 Å². The molecule has 1 aromatic carbocycles. The Bertz CT molecular complexity index is 886. The zero-order valence-electron chi connectivity index (χ0n) is 15.5. The molecular weight excluding hydrogens is 367 g/mol. The summed E-state index contributed by atoms with van der Waals surface area (Å²) < 4.78 is 48.0. The van der Waals surface area contributed by atoms with Crippen molar-refractivity contribution in [2.24, 2.45) is 0 Å². The summed E-state index contributed by atoms with van der Waals surface area (Å²) >= 11 is 0. The maximum absolute atomic E-state index is 12.4. The number of halogens is 3. The summed E-state index contributed by atoms with van der Waals surface area (Å²) in [5.74, 6) is -0.214. The summed E-state index contributed by atoms with van der Waals surface area (Å²) in [5.41, 5.74) is 5.57. The Balaban J connectivity index is 1.54. The van der Waals surface area contributed by atoms with Gasteiger partial charge in [0.25, 0.3) is 0 Å². The first-order valence-corrected chi connectivity index (χ1v) is 10.00. The molecule has 2 heterocycles. The minimum atomic E-state index is -4.69. The van der Waals surface area contributed by atoms with Gasteiger partial charge >= 0.3 is 6.36 Å². The second-order valence-electron chi connectivity index (χ2n) is 8.04. The van der Waals surface area contributed by atoms with Crippen molar-refractivity contribution in [1.29, 1.82) is 0 Å². The van der Waals surface area contributed by atoms with Crippen molar-refractivity contribution < 1.29 is 22.6 Å². The number of fused-ring (bicyclic) bond motifs is 4. The topological polar surface area (TPSA) is 31.4 Å². The lowest BCUT2D eigenvalue weighted by molar-refractivity contribution is -0.274. The monoisotopic (exact) mass is 389 g/mol. The molecule has 3 aliphatic rings. The molecule has 1 aliphatic heterocycles. The van der Waals surface area contributed by atoms with Crippen molar-refractivity contribution in [3.05, 3.63) is 58.4 Å². The van der Waals surface area contributed by atoms with Gasteiger partial charge in [-0.15, -0.1) is 13.2 Å². The van der Waals surface area contributed by atoms with E-state index in [0.29, 0.717) is 0 Å².